The third-order valence-electron chi connectivity index (χ3n) is 5.45. The molecule has 4 rings (SSSR count). The predicted molar refractivity (Wildman–Crippen MR) is 117 cm³/mol. The summed E-state index contributed by atoms with van der Waals surface area (Å²) in [4.78, 5) is 32.0. The standard InChI is InChI=1S/C25H25N3O2/c29-24(23(20-9-2-1-3-10-20)16-19-8-7-13-26-18-19)27-22-12-6-11-21(17-22)25(30)28-14-4-5-15-28/h1-3,6-13,17-18,23H,4-5,14-16H2,(H,27,29). The Morgan fingerprint density at radius 3 is 2.50 bits per heavy atom. The van der Waals surface area contributed by atoms with Crippen molar-refractivity contribution in [2.45, 2.75) is 25.2 Å². The zero-order valence-electron chi connectivity index (χ0n) is 16.8. The molecule has 0 aliphatic carbocycles. The number of benzene rings is 2. The highest BCUT2D eigenvalue weighted by Gasteiger charge is 2.23. The lowest BCUT2D eigenvalue weighted by molar-refractivity contribution is -0.117. The first-order valence-electron chi connectivity index (χ1n) is 10.3. The Kier molecular flexibility index (Phi) is 6.18. The van der Waals surface area contributed by atoms with Gasteiger partial charge in [0.25, 0.3) is 5.91 Å². The van der Waals surface area contributed by atoms with E-state index < -0.39 is 0 Å². The summed E-state index contributed by atoms with van der Waals surface area (Å²) in [5, 5.41) is 3.02. The number of nitrogens with zero attached hydrogens (tertiary/aromatic N) is 2. The number of aromatic nitrogens is 1. The summed E-state index contributed by atoms with van der Waals surface area (Å²) < 4.78 is 0. The van der Waals surface area contributed by atoms with Gasteiger partial charge in [-0.2, -0.15) is 0 Å². The summed E-state index contributed by atoms with van der Waals surface area (Å²) in [5.74, 6) is -0.428. The summed E-state index contributed by atoms with van der Waals surface area (Å²) in [7, 11) is 0. The number of carbonyl (C=O) groups excluding carboxylic acids is 2. The maximum absolute atomic E-state index is 13.2. The molecule has 1 aliphatic heterocycles. The molecule has 1 N–H and O–H groups in total. The smallest absolute Gasteiger partial charge is 0.253 e. The summed E-state index contributed by atoms with van der Waals surface area (Å²) in [6.07, 6.45) is 6.17. The zero-order valence-corrected chi connectivity index (χ0v) is 16.8. The molecule has 1 fully saturated rings. The van der Waals surface area contributed by atoms with E-state index in [1.54, 1.807) is 24.5 Å². The topological polar surface area (TPSA) is 62.3 Å². The van der Waals surface area contributed by atoms with Crippen LogP contribution < -0.4 is 5.32 Å². The van der Waals surface area contributed by atoms with Crippen molar-refractivity contribution in [2.75, 3.05) is 18.4 Å². The van der Waals surface area contributed by atoms with Crippen molar-refractivity contribution >= 4 is 17.5 Å². The van der Waals surface area contributed by atoms with E-state index >= 15 is 0 Å². The van der Waals surface area contributed by atoms with Gasteiger partial charge in [-0.25, -0.2) is 0 Å². The molecule has 1 aliphatic rings. The van der Waals surface area contributed by atoms with Crippen molar-refractivity contribution in [1.82, 2.24) is 9.88 Å². The predicted octanol–water partition coefficient (Wildman–Crippen LogP) is 4.28. The maximum Gasteiger partial charge on any atom is 0.253 e. The Labute approximate surface area is 176 Å². The van der Waals surface area contributed by atoms with Gasteiger partial charge >= 0.3 is 0 Å². The van der Waals surface area contributed by atoms with E-state index in [9.17, 15) is 9.59 Å². The third-order valence-corrected chi connectivity index (χ3v) is 5.45. The van der Waals surface area contributed by atoms with E-state index in [0.717, 1.165) is 37.1 Å². The van der Waals surface area contributed by atoms with E-state index in [4.69, 9.17) is 0 Å². The third kappa shape index (κ3) is 4.74. The quantitative estimate of drug-likeness (QED) is 0.673. The van der Waals surface area contributed by atoms with E-state index in [2.05, 4.69) is 10.3 Å². The molecule has 5 heteroatoms. The first-order chi connectivity index (χ1) is 14.7. The normalized spacial score (nSPS) is 14.3. The van der Waals surface area contributed by atoms with Crippen molar-refractivity contribution < 1.29 is 9.59 Å². The molecular weight excluding hydrogens is 374 g/mol. The molecule has 0 bridgehead atoms. The fourth-order valence-corrected chi connectivity index (χ4v) is 3.86. The number of likely N-dealkylation sites (tertiary alicyclic amines) is 1. The number of nitrogens with one attached hydrogen (secondary N) is 1. The Hall–Kier alpha value is -3.47. The fourth-order valence-electron chi connectivity index (χ4n) is 3.86. The Balaban J connectivity index is 1.53. The lowest BCUT2D eigenvalue weighted by atomic mass is 9.91. The van der Waals surface area contributed by atoms with Crippen LogP contribution in [0.15, 0.2) is 79.1 Å². The van der Waals surface area contributed by atoms with Gasteiger partial charge < -0.3 is 10.2 Å². The summed E-state index contributed by atoms with van der Waals surface area (Å²) in [5.41, 5.74) is 3.19. The molecule has 30 heavy (non-hydrogen) atoms. The fraction of sp³-hybridized carbons (Fsp3) is 0.240. The molecule has 0 spiro atoms. The minimum Gasteiger partial charge on any atom is -0.339 e. The largest absolute Gasteiger partial charge is 0.339 e. The van der Waals surface area contributed by atoms with E-state index in [1.807, 2.05) is 59.5 Å². The number of pyridine rings is 1. The van der Waals surface area contributed by atoms with Crippen LogP contribution >= 0.6 is 0 Å². The lowest BCUT2D eigenvalue weighted by Crippen LogP contribution is -2.28. The molecule has 1 unspecified atom stereocenters. The van der Waals surface area contributed by atoms with Crippen LogP contribution in [0.4, 0.5) is 5.69 Å². The van der Waals surface area contributed by atoms with Crippen molar-refractivity contribution in [2.24, 2.45) is 0 Å². The number of hydrogen-bond acceptors (Lipinski definition) is 3. The Bertz CT molecular complexity index is 999. The number of anilines is 1. The van der Waals surface area contributed by atoms with Crippen LogP contribution in [0, 0.1) is 0 Å². The van der Waals surface area contributed by atoms with Crippen LogP contribution in [0.3, 0.4) is 0 Å². The van der Waals surface area contributed by atoms with Gasteiger partial charge in [-0.15, -0.1) is 0 Å². The first-order valence-corrected chi connectivity index (χ1v) is 10.3. The highest BCUT2D eigenvalue weighted by Crippen LogP contribution is 2.24. The second-order valence-electron chi connectivity index (χ2n) is 7.60. The monoisotopic (exact) mass is 399 g/mol. The van der Waals surface area contributed by atoms with E-state index in [1.165, 1.54) is 0 Å². The van der Waals surface area contributed by atoms with Gasteiger partial charge in [0.15, 0.2) is 0 Å². The first kappa shape index (κ1) is 19.8. The number of rotatable bonds is 6. The zero-order chi connectivity index (χ0) is 20.8. The van der Waals surface area contributed by atoms with Crippen molar-refractivity contribution in [3.63, 3.8) is 0 Å². The molecule has 1 saturated heterocycles. The van der Waals surface area contributed by atoms with Gasteiger partial charge in [-0.05, 0) is 54.7 Å². The van der Waals surface area contributed by atoms with Crippen molar-refractivity contribution in [1.29, 1.82) is 0 Å². The molecule has 1 atom stereocenters. The van der Waals surface area contributed by atoms with E-state index in [0.29, 0.717) is 17.7 Å². The summed E-state index contributed by atoms with van der Waals surface area (Å²) >= 11 is 0. The van der Waals surface area contributed by atoms with Gasteiger partial charge in [0.05, 0.1) is 5.92 Å². The molecule has 1 aromatic heterocycles. The molecule has 0 radical (unpaired) electrons. The van der Waals surface area contributed by atoms with Gasteiger partial charge in [0, 0.05) is 36.7 Å². The Morgan fingerprint density at radius 2 is 1.77 bits per heavy atom. The SMILES string of the molecule is O=C(Nc1cccc(C(=O)N2CCCC2)c1)C(Cc1cccnc1)c1ccccc1. The van der Waals surface area contributed by atoms with Crippen molar-refractivity contribution in [3.05, 3.63) is 95.8 Å². The number of carbonyl (C=O) groups is 2. The summed E-state index contributed by atoms with van der Waals surface area (Å²) in [6.45, 7) is 1.60. The molecule has 2 aromatic carbocycles. The second-order valence-corrected chi connectivity index (χ2v) is 7.60. The highest BCUT2D eigenvalue weighted by molar-refractivity contribution is 5.99. The van der Waals surface area contributed by atoms with Crippen LogP contribution in [0.2, 0.25) is 0 Å². The molecule has 152 valence electrons. The van der Waals surface area contributed by atoms with Crippen LogP contribution in [0.1, 0.15) is 40.2 Å². The van der Waals surface area contributed by atoms with E-state index in [-0.39, 0.29) is 17.7 Å². The molecular formula is C25H25N3O2. The van der Waals surface area contributed by atoms with Gasteiger partial charge in [-0.3, -0.25) is 14.6 Å². The average Bonchev–Trinajstić information content (AvgIpc) is 3.33. The highest BCUT2D eigenvalue weighted by atomic mass is 16.2. The minimum atomic E-state index is -0.353. The number of hydrogen-bond donors (Lipinski definition) is 1. The van der Waals surface area contributed by atoms with Crippen LogP contribution in [0.5, 0.6) is 0 Å². The molecule has 0 saturated carbocycles. The van der Waals surface area contributed by atoms with Crippen LogP contribution in [-0.2, 0) is 11.2 Å². The van der Waals surface area contributed by atoms with Gasteiger partial charge in [0.2, 0.25) is 5.91 Å². The summed E-state index contributed by atoms with van der Waals surface area (Å²) in [6, 6.07) is 20.8. The molecule has 2 amide bonds. The van der Waals surface area contributed by atoms with Crippen molar-refractivity contribution in [3.8, 4) is 0 Å². The average molecular weight is 399 g/mol. The van der Waals surface area contributed by atoms with Gasteiger partial charge in [0.1, 0.15) is 0 Å². The minimum absolute atomic E-state index is 0.0265. The molecule has 3 aromatic rings. The maximum atomic E-state index is 13.2. The lowest BCUT2D eigenvalue weighted by Gasteiger charge is -2.19. The number of amides is 2. The van der Waals surface area contributed by atoms with Crippen LogP contribution in [0.25, 0.3) is 0 Å². The van der Waals surface area contributed by atoms with Crippen LogP contribution in [-0.4, -0.2) is 34.8 Å². The second kappa shape index (κ2) is 9.35. The van der Waals surface area contributed by atoms with Gasteiger partial charge in [-0.1, -0.05) is 42.5 Å². The molecule has 5 nitrogen and oxygen atoms in total. The Morgan fingerprint density at radius 1 is 0.967 bits per heavy atom. The molecule has 2 heterocycles.